The van der Waals surface area contributed by atoms with Crippen molar-refractivity contribution in [1.82, 2.24) is 0 Å². The molecule has 7 aromatic rings. The van der Waals surface area contributed by atoms with Crippen LogP contribution in [0.2, 0.25) is 0 Å². The molecule has 0 radical (unpaired) electrons. The van der Waals surface area contributed by atoms with Crippen molar-refractivity contribution in [3.05, 3.63) is 171 Å². The molecule has 3 aliphatic rings. The quantitative estimate of drug-likeness (QED) is 0.102. The van der Waals surface area contributed by atoms with Crippen molar-refractivity contribution in [2.75, 3.05) is 24.7 Å². The Hall–Kier alpha value is -5.17. The average molecular weight is 927 g/mol. The van der Waals surface area contributed by atoms with Crippen molar-refractivity contribution in [3.63, 3.8) is 0 Å². The van der Waals surface area contributed by atoms with Crippen LogP contribution in [0.5, 0.6) is 11.5 Å². The summed E-state index contributed by atoms with van der Waals surface area (Å²) in [5, 5.41) is 7.28. The lowest BCUT2D eigenvalue weighted by Gasteiger charge is -2.28. The van der Waals surface area contributed by atoms with Crippen molar-refractivity contribution < 1.29 is 27.0 Å². The number of nitrogens with zero attached hydrogens (tertiary/aromatic N) is 2. The number of hydrogen-bond donors (Lipinski definition) is 1. The Kier molecular flexibility index (Phi) is 11.1. The number of benzene rings is 6. The number of fused-ring (bicyclic) bond motifs is 5. The minimum absolute atomic E-state index is 0.156. The monoisotopic (exact) mass is 925 g/mol. The Morgan fingerprint density at radius 3 is 2.16 bits per heavy atom. The fourth-order valence-electron chi connectivity index (χ4n) is 8.55. The van der Waals surface area contributed by atoms with E-state index in [0.717, 1.165) is 53.2 Å². The van der Waals surface area contributed by atoms with E-state index in [2.05, 4.69) is 122 Å². The maximum absolute atomic E-state index is 11.5. The molecule has 0 fully saturated rings. The highest BCUT2D eigenvalue weighted by atomic mass is 79.9. The predicted octanol–water partition coefficient (Wildman–Crippen LogP) is 12.6. The van der Waals surface area contributed by atoms with Crippen LogP contribution < -0.4 is 18.9 Å². The molecule has 2 aliphatic carbocycles. The second kappa shape index (κ2) is 16.9. The van der Waals surface area contributed by atoms with E-state index in [9.17, 15) is 13.0 Å². The number of thiazole rings is 1. The zero-order valence-corrected chi connectivity index (χ0v) is 37.2. The Morgan fingerprint density at radius 1 is 0.770 bits per heavy atom. The molecule has 1 atom stereocenters. The van der Waals surface area contributed by atoms with Crippen LogP contribution >= 0.6 is 39.0 Å². The van der Waals surface area contributed by atoms with E-state index in [1.54, 1.807) is 23.9 Å². The molecule has 7 nitrogen and oxygen atoms in total. The summed E-state index contributed by atoms with van der Waals surface area (Å²) in [6.07, 6.45) is 14.0. The van der Waals surface area contributed by atoms with Gasteiger partial charge in [-0.05, 0) is 143 Å². The van der Waals surface area contributed by atoms with Crippen LogP contribution in [0.1, 0.15) is 30.7 Å². The van der Waals surface area contributed by atoms with Crippen molar-refractivity contribution >= 4 is 92.7 Å². The Balaban J connectivity index is 0.936. The first-order valence-electron chi connectivity index (χ1n) is 20.5. The van der Waals surface area contributed by atoms with Crippen molar-refractivity contribution in [2.24, 2.45) is 5.92 Å². The third-order valence-corrected chi connectivity index (χ3v) is 15.2. The van der Waals surface area contributed by atoms with Crippen LogP contribution in [0.4, 0.5) is 5.69 Å². The fourth-order valence-corrected chi connectivity index (χ4v) is 11.7. The lowest BCUT2D eigenvalue weighted by atomic mass is 9.77. The minimum atomic E-state index is -4.27. The van der Waals surface area contributed by atoms with Gasteiger partial charge >= 0.3 is 0 Å². The highest BCUT2D eigenvalue weighted by Gasteiger charge is 2.29. The summed E-state index contributed by atoms with van der Waals surface area (Å²) in [6.45, 7) is 2.30. The zero-order chi connectivity index (χ0) is 41.5. The standard InChI is InChI=1S/C50H41BrN2O5S3/c51-41-13-15-42(16-14-41)57-23-21-52-45-29-36-5-1-3-7-38(36)31-47(45)59-49(52)27-33-9-11-35-12-10-34(26-40(35)25-33)28-50-53(22-24-58-43-17-19-44(20-18-43)61(54,55)56)46-30-37-6-2-4-8-39(37)32-48(46)60-50/h1-8,13-20,25-32,35H,9-12,21-24H2/p+1. The first-order valence-corrected chi connectivity index (χ1v) is 24.3. The van der Waals surface area contributed by atoms with Crippen LogP contribution in [0.25, 0.3) is 37.8 Å². The highest BCUT2D eigenvalue weighted by molar-refractivity contribution is 9.10. The van der Waals surface area contributed by atoms with Crippen LogP contribution in [0.3, 0.4) is 0 Å². The number of halogens is 1. The van der Waals surface area contributed by atoms with Gasteiger partial charge in [0.1, 0.15) is 29.4 Å². The Bertz CT molecular complexity index is 3060. The van der Waals surface area contributed by atoms with Gasteiger partial charge in [0, 0.05) is 21.5 Å². The molecule has 0 amide bonds. The van der Waals surface area contributed by atoms with Crippen molar-refractivity contribution in [2.45, 2.75) is 42.0 Å². The molecule has 1 N–H and O–H groups in total. The van der Waals surface area contributed by atoms with Gasteiger partial charge < -0.3 is 14.4 Å². The van der Waals surface area contributed by atoms with Crippen LogP contribution in [-0.2, 0) is 16.7 Å². The van der Waals surface area contributed by atoms with E-state index < -0.39 is 10.1 Å². The molecule has 61 heavy (non-hydrogen) atoms. The number of rotatable bonds is 11. The van der Waals surface area contributed by atoms with Crippen LogP contribution in [0.15, 0.2) is 176 Å². The molecule has 0 spiro atoms. The molecule has 10 rings (SSSR count). The first kappa shape index (κ1) is 39.9. The number of ether oxygens (including phenoxy) is 2. The van der Waals surface area contributed by atoms with E-state index in [1.807, 2.05) is 35.6 Å². The van der Waals surface area contributed by atoms with Gasteiger partial charge in [-0.1, -0.05) is 99.7 Å². The second-order valence-corrected chi connectivity index (χ2v) is 20.1. The van der Waals surface area contributed by atoms with Gasteiger partial charge in [0.15, 0.2) is 6.54 Å². The van der Waals surface area contributed by atoms with Gasteiger partial charge in [0.25, 0.3) is 15.1 Å². The summed E-state index contributed by atoms with van der Waals surface area (Å²) >= 11 is 7.18. The summed E-state index contributed by atoms with van der Waals surface area (Å²) < 4.78 is 49.6. The maximum Gasteiger partial charge on any atom is 0.294 e. The van der Waals surface area contributed by atoms with E-state index in [4.69, 9.17) is 9.47 Å². The van der Waals surface area contributed by atoms with E-state index in [1.165, 1.54) is 70.5 Å². The molecular weight excluding hydrogens is 885 g/mol. The summed E-state index contributed by atoms with van der Waals surface area (Å²) in [7, 11) is -4.27. The first-order chi connectivity index (χ1) is 29.7. The lowest BCUT2D eigenvalue weighted by Crippen LogP contribution is -2.38. The molecule has 0 saturated heterocycles. The van der Waals surface area contributed by atoms with Gasteiger partial charge in [0.2, 0.25) is 5.52 Å². The Morgan fingerprint density at radius 2 is 1.43 bits per heavy atom. The van der Waals surface area contributed by atoms with Crippen LogP contribution in [0, 0.1) is 5.92 Å². The fraction of sp³-hybridized carbons (Fsp3) is 0.180. The Labute approximate surface area is 372 Å². The van der Waals surface area contributed by atoms with Crippen LogP contribution in [-0.4, -0.2) is 32.7 Å². The van der Waals surface area contributed by atoms with Gasteiger partial charge in [-0.25, -0.2) is 0 Å². The van der Waals surface area contributed by atoms with E-state index in [-0.39, 0.29) is 4.90 Å². The van der Waals surface area contributed by atoms with Crippen molar-refractivity contribution in [1.29, 1.82) is 0 Å². The summed E-state index contributed by atoms with van der Waals surface area (Å²) in [4.78, 5) is 3.40. The molecular formula is C50H42BrN2O5S3+. The zero-order valence-electron chi connectivity index (χ0n) is 33.2. The topological polar surface area (TPSA) is 80.0 Å². The SMILES string of the molecule is O=S(=O)(O)c1ccc(OCCN2C(=CC3=CC4=CC(=Cc5sc6cc7ccccc7cc6[n+]5CCOc5ccc(Br)cc5)CCC4CC3)Sc3cc4ccccc4cc32)cc1. The molecule has 1 aromatic heterocycles. The smallest absolute Gasteiger partial charge is 0.294 e. The molecule has 2 heterocycles. The third-order valence-electron chi connectivity index (χ3n) is 11.7. The third kappa shape index (κ3) is 8.67. The summed E-state index contributed by atoms with van der Waals surface area (Å²) in [5.41, 5.74) is 6.47. The number of anilines is 1. The number of aromatic nitrogens is 1. The van der Waals surface area contributed by atoms with Crippen molar-refractivity contribution in [3.8, 4) is 11.5 Å². The van der Waals surface area contributed by atoms with Gasteiger partial charge in [0.05, 0.1) is 22.2 Å². The molecule has 0 bridgehead atoms. The van der Waals surface area contributed by atoms with Gasteiger partial charge in [-0.2, -0.15) is 13.0 Å². The molecule has 0 saturated carbocycles. The predicted molar refractivity (Wildman–Crippen MR) is 252 cm³/mol. The number of thioether (sulfide) groups is 1. The van der Waals surface area contributed by atoms with E-state index >= 15 is 0 Å². The molecule has 1 unspecified atom stereocenters. The van der Waals surface area contributed by atoms with Gasteiger partial charge in [-0.3, -0.25) is 4.55 Å². The minimum Gasteiger partial charge on any atom is -0.492 e. The summed E-state index contributed by atoms with van der Waals surface area (Å²) in [6, 6.07) is 40.1. The van der Waals surface area contributed by atoms with E-state index in [0.29, 0.717) is 31.4 Å². The number of hydrogen-bond acceptors (Lipinski definition) is 7. The summed E-state index contributed by atoms with van der Waals surface area (Å²) in [5.74, 6) is 1.96. The largest absolute Gasteiger partial charge is 0.492 e. The molecule has 306 valence electrons. The maximum atomic E-state index is 11.5. The average Bonchev–Trinajstić information content (AvgIpc) is 3.77. The molecule has 11 heteroatoms. The number of allylic oxidation sites excluding steroid dienone is 6. The lowest BCUT2D eigenvalue weighted by molar-refractivity contribution is -0.669. The molecule has 1 aliphatic heterocycles. The highest BCUT2D eigenvalue weighted by Crippen LogP contribution is 2.49. The molecule has 6 aromatic carbocycles. The van der Waals surface area contributed by atoms with Gasteiger partial charge in [-0.15, -0.1) is 0 Å². The normalized spacial score (nSPS) is 17.8. The second-order valence-electron chi connectivity index (χ2n) is 15.6.